The topological polar surface area (TPSA) is 50.8 Å². The van der Waals surface area contributed by atoms with E-state index < -0.39 is 73.7 Å². The number of carbonyl (C=O) groups excluding carboxylic acids is 1. The maximum atomic E-state index is 13.5. The molecule has 2 atom stereocenters. The van der Waals surface area contributed by atoms with Gasteiger partial charge in [-0.1, -0.05) is 42.5 Å². The van der Waals surface area contributed by atoms with Crippen molar-refractivity contribution < 1.29 is 41.1 Å². The molecule has 0 saturated heterocycles. The molecule has 0 saturated carbocycles. The van der Waals surface area contributed by atoms with E-state index in [1.807, 2.05) is 0 Å². The van der Waals surface area contributed by atoms with Gasteiger partial charge in [-0.2, -0.15) is 13.2 Å². The minimum atomic E-state index is -4.58. The molecule has 3 aromatic rings. The highest BCUT2D eigenvalue weighted by Crippen LogP contribution is 2.43. The first-order chi connectivity index (χ1) is 21.6. The molecule has 1 aliphatic heterocycles. The van der Waals surface area contributed by atoms with Crippen molar-refractivity contribution >= 4 is 5.91 Å². The standard InChI is InChI=1S/C29H31F3N2O3/c1-33-28(35)27(20-7-5-4-6-8-20)34-16-15-21-17-25(36-2)26(37-3)18-23(21)24(34)14-11-19-9-12-22(13-10-19)29(30,31)32/h4-10,12-13,17-18,24,27H,11,14-16H2,1-3H3,(H,33,35)/t24-,27+/m0/s1/i2D3,3D3,15D2,16D2. The normalized spacial score (nSPS) is 23.9. The first-order valence-corrected chi connectivity index (χ1v) is 11.3. The number of likely N-dealkylation sites (N-methyl/N-ethyl adjacent to an activating group) is 1. The third-order valence-corrected chi connectivity index (χ3v) is 6.23. The summed E-state index contributed by atoms with van der Waals surface area (Å²) in [6, 6.07) is 11.4. The van der Waals surface area contributed by atoms with Crippen LogP contribution in [0.1, 0.15) is 60.0 Å². The number of nitrogens with zero attached hydrogens (tertiary/aromatic N) is 1. The largest absolute Gasteiger partial charge is 0.493 e. The Hall–Kier alpha value is -3.52. The monoisotopic (exact) mass is 522 g/mol. The molecule has 1 aliphatic rings. The molecule has 0 spiro atoms. The fourth-order valence-corrected chi connectivity index (χ4v) is 4.38. The molecule has 37 heavy (non-hydrogen) atoms. The van der Waals surface area contributed by atoms with Gasteiger partial charge in [-0.15, -0.1) is 0 Å². The Morgan fingerprint density at radius 3 is 2.41 bits per heavy atom. The van der Waals surface area contributed by atoms with Crippen LogP contribution in [0.2, 0.25) is 0 Å². The number of halogens is 3. The van der Waals surface area contributed by atoms with Crippen LogP contribution in [0, 0.1) is 0 Å². The van der Waals surface area contributed by atoms with Crippen molar-refractivity contribution in [1.29, 1.82) is 0 Å². The van der Waals surface area contributed by atoms with Crippen molar-refractivity contribution in [3.8, 4) is 11.5 Å². The Morgan fingerprint density at radius 1 is 1.11 bits per heavy atom. The second kappa shape index (κ2) is 11.3. The van der Waals surface area contributed by atoms with Crippen LogP contribution in [-0.2, 0) is 23.8 Å². The molecular weight excluding hydrogens is 481 g/mol. The summed E-state index contributed by atoms with van der Waals surface area (Å²) in [7, 11) is -4.93. The Labute approximate surface area is 229 Å². The average Bonchev–Trinajstić information content (AvgIpc) is 2.95. The summed E-state index contributed by atoms with van der Waals surface area (Å²) in [5.41, 5.74) is -0.620. The third-order valence-electron chi connectivity index (χ3n) is 6.23. The highest BCUT2D eigenvalue weighted by atomic mass is 19.4. The van der Waals surface area contributed by atoms with Crippen LogP contribution < -0.4 is 14.8 Å². The molecule has 1 amide bonds. The predicted molar refractivity (Wildman–Crippen MR) is 136 cm³/mol. The van der Waals surface area contributed by atoms with Crippen LogP contribution in [0.3, 0.4) is 0 Å². The number of ether oxygens (including phenoxy) is 2. The van der Waals surface area contributed by atoms with Crippen LogP contribution >= 0.6 is 0 Å². The number of alkyl halides is 3. The summed E-state index contributed by atoms with van der Waals surface area (Å²) in [6.45, 7) is -3.00. The molecule has 5 nitrogen and oxygen atoms in total. The SMILES string of the molecule is [2H]C([2H])([2H])Oc1cc2c(cc1OC([2H])([2H])[2H])C([2H])([2H])C([2H])([2H])N([C@@H](C(=O)NC)c1ccccc1)[C@H]2CCc1ccc(C(F)(F)F)cc1. The molecule has 3 aromatic carbocycles. The van der Waals surface area contributed by atoms with E-state index in [1.54, 1.807) is 30.3 Å². The van der Waals surface area contributed by atoms with Gasteiger partial charge in [0.2, 0.25) is 5.91 Å². The predicted octanol–water partition coefficient (Wildman–Crippen LogP) is 5.74. The molecule has 0 radical (unpaired) electrons. The highest BCUT2D eigenvalue weighted by Gasteiger charge is 2.37. The smallest absolute Gasteiger partial charge is 0.416 e. The van der Waals surface area contributed by atoms with E-state index in [9.17, 15) is 18.0 Å². The van der Waals surface area contributed by atoms with Crippen molar-refractivity contribution in [3.05, 3.63) is 94.5 Å². The summed E-state index contributed by atoms with van der Waals surface area (Å²) in [5.74, 6) is -1.99. The lowest BCUT2D eigenvalue weighted by atomic mass is 9.86. The summed E-state index contributed by atoms with van der Waals surface area (Å²) >= 11 is 0. The molecule has 4 rings (SSSR count). The number of benzene rings is 3. The molecule has 0 bridgehead atoms. The van der Waals surface area contributed by atoms with Gasteiger partial charge in [-0.3, -0.25) is 9.69 Å². The van der Waals surface area contributed by atoms with Gasteiger partial charge in [0.1, 0.15) is 6.04 Å². The van der Waals surface area contributed by atoms with Crippen LogP contribution in [0.15, 0.2) is 66.7 Å². The van der Waals surface area contributed by atoms with Gasteiger partial charge < -0.3 is 14.8 Å². The summed E-state index contributed by atoms with van der Waals surface area (Å²) in [6.07, 6.45) is -7.65. The molecule has 1 N–H and O–H groups in total. The van der Waals surface area contributed by atoms with Gasteiger partial charge in [0, 0.05) is 25.1 Å². The molecular formula is C29H31F3N2O3. The number of fused-ring (bicyclic) bond motifs is 1. The summed E-state index contributed by atoms with van der Waals surface area (Å²) in [4.78, 5) is 14.5. The Balaban J connectivity index is 1.98. The van der Waals surface area contributed by atoms with Crippen LogP contribution in [0.25, 0.3) is 0 Å². The Kier molecular flexibility index (Phi) is 4.97. The maximum absolute atomic E-state index is 13.5. The number of hydrogen-bond donors (Lipinski definition) is 1. The third kappa shape index (κ3) is 5.74. The fourth-order valence-electron chi connectivity index (χ4n) is 4.38. The molecule has 0 aromatic heterocycles. The lowest BCUT2D eigenvalue weighted by molar-refractivity contribution is -0.137. The van der Waals surface area contributed by atoms with Crippen LogP contribution in [0.4, 0.5) is 13.2 Å². The van der Waals surface area contributed by atoms with E-state index in [1.165, 1.54) is 19.2 Å². The maximum Gasteiger partial charge on any atom is 0.416 e. The van der Waals surface area contributed by atoms with Gasteiger partial charge >= 0.3 is 6.18 Å². The van der Waals surface area contributed by atoms with Gasteiger partial charge in [-0.25, -0.2) is 0 Å². The molecule has 0 aliphatic carbocycles. The zero-order valence-corrected chi connectivity index (χ0v) is 19.7. The number of carbonyl (C=O) groups is 1. The van der Waals surface area contributed by atoms with Crippen LogP contribution in [0.5, 0.6) is 11.5 Å². The molecule has 8 heteroatoms. The quantitative estimate of drug-likeness (QED) is 0.410. The number of rotatable bonds is 8. The number of aryl methyl sites for hydroxylation is 2. The Bertz CT molecular complexity index is 1580. The van der Waals surface area contributed by atoms with Gasteiger partial charge in [0.15, 0.2) is 11.5 Å². The lowest BCUT2D eigenvalue weighted by Gasteiger charge is -2.42. The van der Waals surface area contributed by atoms with E-state index >= 15 is 0 Å². The van der Waals surface area contributed by atoms with Crippen molar-refractivity contribution in [1.82, 2.24) is 10.2 Å². The first-order valence-electron chi connectivity index (χ1n) is 16.3. The van der Waals surface area contributed by atoms with E-state index in [0.717, 1.165) is 29.2 Å². The first kappa shape index (κ1) is 16.3. The summed E-state index contributed by atoms with van der Waals surface area (Å²) < 4.78 is 131. The van der Waals surface area contributed by atoms with Gasteiger partial charge in [-0.05, 0) is 65.7 Å². The average molecular weight is 523 g/mol. The molecule has 1 heterocycles. The minimum absolute atomic E-state index is 0.00998. The van der Waals surface area contributed by atoms with E-state index in [-0.39, 0.29) is 24.0 Å². The fraction of sp³-hybridized carbons (Fsp3) is 0.345. The summed E-state index contributed by atoms with van der Waals surface area (Å²) in [5, 5.41) is 2.48. The van der Waals surface area contributed by atoms with E-state index in [4.69, 9.17) is 23.2 Å². The van der Waals surface area contributed by atoms with E-state index in [0.29, 0.717) is 5.56 Å². The Morgan fingerprint density at radius 2 is 1.78 bits per heavy atom. The van der Waals surface area contributed by atoms with Gasteiger partial charge in [0.05, 0.1) is 27.9 Å². The number of methoxy groups -OCH3 is 2. The zero-order chi connectivity index (χ0) is 35.2. The van der Waals surface area contributed by atoms with Gasteiger partial charge in [0.25, 0.3) is 0 Å². The van der Waals surface area contributed by atoms with Crippen molar-refractivity contribution in [2.45, 2.75) is 37.5 Å². The number of nitrogens with one attached hydrogen (secondary N) is 1. The molecule has 0 unspecified atom stereocenters. The van der Waals surface area contributed by atoms with Crippen molar-refractivity contribution in [2.24, 2.45) is 0 Å². The second-order valence-corrected chi connectivity index (χ2v) is 8.41. The van der Waals surface area contributed by atoms with Crippen LogP contribution in [-0.4, -0.2) is 38.4 Å². The second-order valence-electron chi connectivity index (χ2n) is 8.41. The number of amides is 1. The number of hydrogen-bond acceptors (Lipinski definition) is 4. The zero-order valence-electron chi connectivity index (χ0n) is 29.7. The van der Waals surface area contributed by atoms with Crippen molar-refractivity contribution in [2.75, 3.05) is 27.6 Å². The highest BCUT2D eigenvalue weighted by molar-refractivity contribution is 5.83. The van der Waals surface area contributed by atoms with E-state index in [2.05, 4.69) is 5.32 Å². The lowest BCUT2D eigenvalue weighted by Crippen LogP contribution is -2.44. The van der Waals surface area contributed by atoms with Crippen molar-refractivity contribution in [3.63, 3.8) is 0 Å². The minimum Gasteiger partial charge on any atom is -0.493 e. The molecule has 0 fully saturated rings. The molecule has 196 valence electrons.